The largest absolute Gasteiger partial charge is 0.323 e. The van der Waals surface area contributed by atoms with E-state index >= 15 is 0 Å². The molecule has 11 heavy (non-hydrogen) atoms. The zero-order chi connectivity index (χ0) is 8.32. The molecule has 0 radical (unpaired) electrons. The van der Waals surface area contributed by atoms with Gasteiger partial charge in [0.25, 0.3) is 0 Å². The minimum Gasteiger partial charge on any atom is -0.323 e. The highest BCUT2D eigenvalue weighted by Crippen LogP contribution is 2.15. The summed E-state index contributed by atoms with van der Waals surface area (Å²) in [5.74, 6) is 0.459. The summed E-state index contributed by atoms with van der Waals surface area (Å²) >= 11 is 0. The second kappa shape index (κ2) is 3.35. The Morgan fingerprint density at radius 2 is 1.64 bits per heavy atom. The van der Waals surface area contributed by atoms with E-state index in [2.05, 4.69) is 13.8 Å². The lowest BCUT2D eigenvalue weighted by atomic mass is 10.1. The van der Waals surface area contributed by atoms with Crippen LogP contribution in [0.1, 0.15) is 26.7 Å². The number of carbonyl (C=O) groups is 1. The second-order valence-electron chi connectivity index (χ2n) is 3.46. The summed E-state index contributed by atoms with van der Waals surface area (Å²) in [7, 11) is 0. The lowest BCUT2D eigenvalue weighted by Gasteiger charge is -2.39. The van der Waals surface area contributed by atoms with Crippen molar-refractivity contribution in [2.45, 2.75) is 26.7 Å². The lowest BCUT2D eigenvalue weighted by Crippen LogP contribution is -2.52. The number of quaternary nitrogens is 1. The zero-order valence-corrected chi connectivity index (χ0v) is 7.60. The third-order valence-electron chi connectivity index (χ3n) is 3.07. The van der Waals surface area contributed by atoms with Crippen LogP contribution in [0.25, 0.3) is 0 Å². The van der Waals surface area contributed by atoms with Crippen LogP contribution in [0.5, 0.6) is 0 Å². The second-order valence-corrected chi connectivity index (χ2v) is 3.46. The van der Waals surface area contributed by atoms with Crippen molar-refractivity contribution in [2.75, 3.05) is 26.2 Å². The summed E-state index contributed by atoms with van der Waals surface area (Å²) in [6.45, 7) is 8.96. The fourth-order valence-corrected chi connectivity index (χ4v) is 1.82. The molecule has 0 unspecified atom stereocenters. The van der Waals surface area contributed by atoms with Crippen LogP contribution in [0.15, 0.2) is 0 Å². The van der Waals surface area contributed by atoms with Crippen molar-refractivity contribution in [1.29, 1.82) is 0 Å². The van der Waals surface area contributed by atoms with Gasteiger partial charge in [0.15, 0.2) is 0 Å². The van der Waals surface area contributed by atoms with E-state index in [4.69, 9.17) is 0 Å². The Morgan fingerprint density at radius 1 is 1.18 bits per heavy atom. The maximum Gasteiger partial charge on any atom is 0.144 e. The van der Waals surface area contributed by atoms with E-state index in [1.807, 2.05) is 0 Å². The summed E-state index contributed by atoms with van der Waals surface area (Å²) in [5.41, 5.74) is 0. The van der Waals surface area contributed by atoms with Crippen LogP contribution in [-0.4, -0.2) is 36.4 Å². The van der Waals surface area contributed by atoms with Crippen molar-refractivity contribution in [3.63, 3.8) is 0 Å². The number of hydrogen-bond donors (Lipinski definition) is 0. The van der Waals surface area contributed by atoms with E-state index in [0.29, 0.717) is 5.78 Å². The molecule has 2 nitrogen and oxygen atoms in total. The standard InChI is InChI=1S/C9H18NO/c1-3-10(4-2)7-5-9(11)6-8-10/h3-8H2,1-2H3/q+1. The highest BCUT2D eigenvalue weighted by molar-refractivity contribution is 5.78. The molecule has 1 saturated heterocycles. The first kappa shape index (κ1) is 8.72. The lowest BCUT2D eigenvalue weighted by molar-refractivity contribution is -0.926. The van der Waals surface area contributed by atoms with Gasteiger partial charge in [-0.3, -0.25) is 4.79 Å². The van der Waals surface area contributed by atoms with Crippen molar-refractivity contribution in [3.05, 3.63) is 0 Å². The molecule has 2 heteroatoms. The van der Waals surface area contributed by atoms with Gasteiger partial charge in [-0.2, -0.15) is 0 Å². The first-order chi connectivity index (χ1) is 5.22. The van der Waals surface area contributed by atoms with Crippen LogP contribution < -0.4 is 0 Å². The minimum atomic E-state index is 0.459. The molecule has 1 aliphatic rings. The van der Waals surface area contributed by atoms with Gasteiger partial charge in [-0.25, -0.2) is 0 Å². The zero-order valence-electron chi connectivity index (χ0n) is 7.60. The third-order valence-corrected chi connectivity index (χ3v) is 3.07. The van der Waals surface area contributed by atoms with Crippen molar-refractivity contribution in [3.8, 4) is 0 Å². The fraction of sp³-hybridized carbons (Fsp3) is 0.889. The maximum absolute atomic E-state index is 11.0. The summed E-state index contributed by atoms with van der Waals surface area (Å²) in [6.07, 6.45) is 1.61. The van der Waals surface area contributed by atoms with Gasteiger partial charge in [0, 0.05) is 0 Å². The molecule has 0 amide bonds. The summed E-state index contributed by atoms with van der Waals surface area (Å²) < 4.78 is 1.16. The van der Waals surface area contributed by atoms with E-state index in [-0.39, 0.29) is 0 Å². The molecule has 1 heterocycles. The highest BCUT2D eigenvalue weighted by atomic mass is 16.1. The van der Waals surface area contributed by atoms with Crippen molar-refractivity contribution >= 4 is 5.78 Å². The fourth-order valence-electron chi connectivity index (χ4n) is 1.82. The smallest absolute Gasteiger partial charge is 0.144 e. The quantitative estimate of drug-likeness (QED) is 0.549. The molecule has 64 valence electrons. The SMILES string of the molecule is CC[N+]1(CC)CCC(=O)CC1. The van der Waals surface area contributed by atoms with Gasteiger partial charge < -0.3 is 4.48 Å². The molecule has 0 saturated carbocycles. The normalized spacial score (nSPS) is 23.6. The summed E-state index contributed by atoms with van der Waals surface area (Å²) in [4.78, 5) is 11.0. The predicted octanol–water partition coefficient (Wildman–Crippen LogP) is 1.21. The van der Waals surface area contributed by atoms with Gasteiger partial charge >= 0.3 is 0 Å². The molecule has 0 bridgehead atoms. The molecule has 0 aliphatic carbocycles. The van der Waals surface area contributed by atoms with Crippen molar-refractivity contribution in [2.24, 2.45) is 0 Å². The molecule has 1 aliphatic heterocycles. The van der Waals surface area contributed by atoms with Crippen LogP contribution in [-0.2, 0) is 4.79 Å². The average Bonchev–Trinajstić information content (AvgIpc) is 2.07. The number of piperidine rings is 1. The van der Waals surface area contributed by atoms with Gasteiger partial charge in [-0.15, -0.1) is 0 Å². The van der Waals surface area contributed by atoms with E-state index in [0.717, 1.165) is 30.4 Å². The summed E-state index contributed by atoms with van der Waals surface area (Å²) in [6, 6.07) is 0. The van der Waals surface area contributed by atoms with E-state index < -0.39 is 0 Å². The number of likely N-dealkylation sites (tertiary alicyclic amines) is 1. The van der Waals surface area contributed by atoms with Crippen molar-refractivity contribution < 1.29 is 9.28 Å². The number of hydrogen-bond acceptors (Lipinski definition) is 1. The van der Waals surface area contributed by atoms with Crippen LogP contribution in [0.4, 0.5) is 0 Å². The van der Waals surface area contributed by atoms with Crippen molar-refractivity contribution in [1.82, 2.24) is 0 Å². The first-order valence-electron chi connectivity index (χ1n) is 4.59. The number of nitrogens with zero attached hydrogens (tertiary/aromatic N) is 1. The Labute approximate surface area is 68.8 Å². The molecule has 0 spiro atoms. The molecule has 0 atom stereocenters. The van der Waals surface area contributed by atoms with E-state index in [1.54, 1.807) is 0 Å². The van der Waals surface area contributed by atoms with Crippen LogP contribution >= 0.6 is 0 Å². The molecular formula is C9H18NO+. The van der Waals surface area contributed by atoms with Crippen LogP contribution in [0, 0.1) is 0 Å². The van der Waals surface area contributed by atoms with E-state index in [9.17, 15) is 4.79 Å². The first-order valence-corrected chi connectivity index (χ1v) is 4.59. The Bertz CT molecular complexity index is 138. The molecule has 0 aromatic rings. The molecule has 0 N–H and O–H groups in total. The highest BCUT2D eigenvalue weighted by Gasteiger charge is 2.29. The molecule has 0 aromatic heterocycles. The minimum absolute atomic E-state index is 0.459. The third kappa shape index (κ3) is 1.80. The van der Waals surface area contributed by atoms with Crippen LogP contribution in [0.3, 0.4) is 0 Å². The maximum atomic E-state index is 11.0. The number of rotatable bonds is 2. The summed E-state index contributed by atoms with van der Waals surface area (Å²) in [5, 5.41) is 0. The average molecular weight is 156 g/mol. The molecule has 0 aromatic carbocycles. The van der Waals surface area contributed by atoms with E-state index in [1.165, 1.54) is 13.1 Å². The number of carbonyl (C=O) groups excluding carboxylic acids is 1. The predicted molar refractivity (Wildman–Crippen MR) is 45.3 cm³/mol. The van der Waals surface area contributed by atoms with Gasteiger partial charge in [-0.05, 0) is 13.8 Å². The van der Waals surface area contributed by atoms with Crippen LogP contribution in [0.2, 0.25) is 0 Å². The Morgan fingerprint density at radius 3 is 2.00 bits per heavy atom. The Balaban J connectivity index is 2.52. The Kier molecular flexibility index (Phi) is 2.66. The van der Waals surface area contributed by atoms with Gasteiger partial charge in [-0.1, -0.05) is 0 Å². The van der Waals surface area contributed by atoms with Gasteiger partial charge in [0.2, 0.25) is 0 Å². The Hall–Kier alpha value is -0.370. The molecular weight excluding hydrogens is 138 g/mol. The molecule has 1 fully saturated rings. The number of Topliss-reactive ketones (excluding diaryl/α,β-unsaturated/α-hetero) is 1. The van der Waals surface area contributed by atoms with Gasteiger partial charge in [0.1, 0.15) is 5.78 Å². The molecule has 1 rings (SSSR count). The topological polar surface area (TPSA) is 17.1 Å². The number of ketones is 1. The van der Waals surface area contributed by atoms with Gasteiger partial charge in [0.05, 0.1) is 39.0 Å². The monoisotopic (exact) mass is 156 g/mol.